The maximum atomic E-state index is 13.8. The molecular weight excluding hydrogens is 490 g/mol. The van der Waals surface area contributed by atoms with E-state index in [1.54, 1.807) is 17.7 Å². The number of anilines is 1. The zero-order chi connectivity index (χ0) is 22.4. The fraction of sp³-hybridized carbons (Fsp3) is 0.609. The van der Waals surface area contributed by atoms with E-state index in [1.807, 2.05) is 4.90 Å². The van der Waals surface area contributed by atoms with Gasteiger partial charge in [-0.25, -0.2) is 9.97 Å². The fourth-order valence-corrected chi connectivity index (χ4v) is 7.19. The number of likely N-dealkylation sites (tertiary alicyclic amines) is 1. The Hall–Kier alpha value is -1.55. The Morgan fingerprint density at radius 3 is 2.66 bits per heavy atom. The summed E-state index contributed by atoms with van der Waals surface area (Å²) < 4.78 is 1.07. The molecule has 5 rings (SSSR count). The molecule has 32 heavy (non-hydrogen) atoms. The minimum absolute atomic E-state index is 0.108. The number of fused-ring (bicyclic) bond motifs is 1. The molecule has 2 aliphatic heterocycles. The van der Waals surface area contributed by atoms with Crippen LogP contribution >= 0.6 is 27.3 Å². The molecule has 9 heteroatoms. The molecule has 1 N–H and O–H groups in total. The third-order valence-electron chi connectivity index (χ3n) is 7.30. The SMILES string of the molecule is C[C@@H]1C[C@@H](O)c2ncnc(N3CCN(C(=O)[C@@H](c4ccc(Br)s4)[C@@H]4CCCN4C)CC3)c21. The van der Waals surface area contributed by atoms with E-state index in [-0.39, 0.29) is 23.8 Å². The van der Waals surface area contributed by atoms with Gasteiger partial charge in [0.1, 0.15) is 12.1 Å². The van der Waals surface area contributed by atoms with Crippen molar-refractivity contribution in [2.24, 2.45) is 0 Å². The summed E-state index contributed by atoms with van der Waals surface area (Å²) in [6.45, 7) is 6.06. The summed E-state index contributed by atoms with van der Waals surface area (Å²) in [6, 6.07) is 4.42. The fourth-order valence-electron chi connectivity index (χ4n) is 5.62. The Morgan fingerprint density at radius 1 is 1.22 bits per heavy atom. The van der Waals surface area contributed by atoms with Crippen LogP contribution in [-0.2, 0) is 4.79 Å². The van der Waals surface area contributed by atoms with Crippen LogP contribution in [0.5, 0.6) is 0 Å². The van der Waals surface area contributed by atoms with E-state index in [2.05, 4.69) is 61.8 Å². The number of amides is 1. The number of hydrogen-bond acceptors (Lipinski definition) is 7. The topological polar surface area (TPSA) is 72.8 Å². The van der Waals surface area contributed by atoms with Crippen molar-refractivity contribution in [3.63, 3.8) is 0 Å². The molecule has 7 nitrogen and oxygen atoms in total. The van der Waals surface area contributed by atoms with Gasteiger partial charge in [-0.15, -0.1) is 11.3 Å². The summed E-state index contributed by atoms with van der Waals surface area (Å²) in [6.07, 6.45) is 3.97. The van der Waals surface area contributed by atoms with Crippen LogP contribution < -0.4 is 4.90 Å². The zero-order valence-electron chi connectivity index (χ0n) is 18.6. The highest BCUT2D eigenvalue weighted by atomic mass is 79.9. The minimum Gasteiger partial charge on any atom is -0.387 e. The van der Waals surface area contributed by atoms with Crippen molar-refractivity contribution in [3.8, 4) is 0 Å². The van der Waals surface area contributed by atoms with Crippen LogP contribution in [0.1, 0.15) is 60.3 Å². The van der Waals surface area contributed by atoms with Gasteiger partial charge in [0.2, 0.25) is 5.91 Å². The molecule has 0 spiro atoms. The molecular formula is C23H30BrN5O2S. The lowest BCUT2D eigenvalue weighted by Crippen LogP contribution is -2.52. The van der Waals surface area contributed by atoms with E-state index in [0.717, 1.165) is 58.2 Å². The molecule has 1 aliphatic carbocycles. The van der Waals surface area contributed by atoms with E-state index < -0.39 is 6.10 Å². The summed E-state index contributed by atoms with van der Waals surface area (Å²) in [7, 11) is 2.14. The Labute approximate surface area is 201 Å². The minimum atomic E-state index is -0.501. The van der Waals surface area contributed by atoms with Gasteiger partial charge in [-0.3, -0.25) is 4.79 Å². The molecule has 0 radical (unpaired) electrons. The van der Waals surface area contributed by atoms with Crippen molar-refractivity contribution in [1.29, 1.82) is 0 Å². The van der Waals surface area contributed by atoms with Crippen LogP contribution in [-0.4, -0.2) is 76.6 Å². The first kappa shape index (κ1) is 22.3. The quantitative estimate of drug-likeness (QED) is 0.667. The second-order valence-corrected chi connectivity index (χ2v) is 11.8. The number of halogens is 1. The summed E-state index contributed by atoms with van der Waals surface area (Å²) >= 11 is 5.26. The number of rotatable bonds is 4. The Balaban J connectivity index is 1.33. The van der Waals surface area contributed by atoms with Crippen molar-refractivity contribution in [1.82, 2.24) is 19.8 Å². The number of carbonyl (C=O) groups excluding carboxylic acids is 1. The van der Waals surface area contributed by atoms with Crippen LogP contribution in [0.25, 0.3) is 0 Å². The molecule has 2 fully saturated rings. The number of nitrogens with zero attached hydrogens (tertiary/aromatic N) is 5. The van der Waals surface area contributed by atoms with Gasteiger partial charge in [-0.05, 0) is 66.8 Å². The van der Waals surface area contributed by atoms with Crippen molar-refractivity contribution in [2.75, 3.05) is 44.7 Å². The lowest BCUT2D eigenvalue weighted by molar-refractivity contribution is -0.134. The van der Waals surface area contributed by atoms with E-state index >= 15 is 0 Å². The predicted octanol–water partition coefficient (Wildman–Crippen LogP) is 3.37. The summed E-state index contributed by atoms with van der Waals surface area (Å²) in [5.74, 6) is 1.31. The lowest BCUT2D eigenvalue weighted by atomic mass is 9.94. The van der Waals surface area contributed by atoms with Crippen LogP contribution in [0.15, 0.2) is 22.2 Å². The van der Waals surface area contributed by atoms with Gasteiger partial charge in [0.25, 0.3) is 0 Å². The predicted molar refractivity (Wildman–Crippen MR) is 129 cm³/mol. The first-order valence-electron chi connectivity index (χ1n) is 11.5. The zero-order valence-corrected chi connectivity index (χ0v) is 21.0. The third-order valence-corrected chi connectivity index (χ3v) is 9.00. The van der Waals surface area contributed by atoms with E-state index in [1.165, 1.54) is 0 Å². The largest absolute Gasteiger partial charge is 0.387 e. The highest BCUT2D eigenvalue weighted by Crippen LogP contribution is 2.43. The van der Waals surface area contributed by atoms with Gasteiger partial charge in [0.15, 0.2) is 0 Å². The van der Waals surface area contributed by atoms with Gasteiger partial charge >= 0.3 is 0 Å². The second kappa shape index (κ2) is 9.00. The molecule has 0 saturated carbocycles. The first-order valence-corrected chi connectivity index (χ1v) is 13.1. The molecule has 0 unspecified atom stereocenters. The number of likely N-dealkylation sites (N-methyl/N-ethyl adjacent to an activating group) is 1. The second-order valence-electron chi connectivity index (χ2n) is 9.27. The maximum absolute atomic E-state index is 13.8. The number of aliphatic hydroxyl groups is 1. The maximum Gasteiger partial charge on any atom is 0.232 e. The summed E-state index contributed by atoms with van der Waals surface area (Å²) in [5, 5.41) is 10.3. The molecule has 0 bridgehead atoms. The molecule has 2 aromatic heterocycles. The molecule has 3 aliphatic rings. The van der Waals surface area contributed by atoms with Crippen LogP contribution in [0.4, 0.5) is 5.82 Å². The van der Waals surface area contributed by atoms with Crippen molar-refractivity contribution < 1.29 is 9.90 Å². The first-order chi connectivity index (χ1) is 15.4. The van der Waals surface area contributed by atoms with Crippen LogP contribution in [0.3, 0.4) is 0 Å². The monoisotopic (exact) mass is 519 g/mol. The number of hydrogen-bond donors (Lipinski definition) is 1. The molecule has 1 amide bonds. The van der Waals surface area contributed by atoms with Gasteiger partial charge in [0.05, 0.1) is 21.5 Å². The molecule has 0 aromatic carbocycles. The van der Waals surface area contributed by atoms with Crippen LogP contribution in [0.2, 0.25) is 0 Å². The van der Waals surface area contributed by atoms with Crippen molar-refractivity contribution in [2.45, 2.75) is 50.2 Å². The Kier molecular flexibility index (Phi) is 6.26. The standard InChI is InChI=1S/C23H30BrN5O2S/c1-14-12-16(30)21-19(14)22(26-13-25-21)28-8-10-29(11-9-28)23(31)20(15-4-3-7-27(15)2)17-5-6-18(24)32-17/h5-6,13-16,20,30H,3-4,7-12H2,1-2H3/t14-,15+,16-,20-/m1/s1. The van der Waals surface area contributed by atoms with Gasteiger partial charge < -0.3 is 19.8 Å². The lowest BCUT2D eigenvalue weighted by Gasteiger charge is -2.39. The van der Waals surface area contributed by atoms with Crippen molar-refractivity contribution in [3.05, 3.63) is 38.4 Å². The third kappa shape index (κ3) is 3.97. The number of piperazine rings is 1. The molecule has 2 saturated heterocycles. The number of thiophene rings is 1. The smallest absolute Gasteiger partial charge is 0.232 e. The Bertz CT molecular complexity index is 993. The molecule has 172 valence electrons. The highest BCUT2D eigenvalue weighted by molar-refractivity contribution is 9.11. The normalized spacial score (nSPS) is 27.1. The number of carbonyl (C=O) groups is 1. The van der Waals surface area contributed by atoms with Crippen LogP contribution in [0, 0.1) is 0 Å². The van der Waals surface area contributed by atoms with Gasteiger partial charge in [0, 0.05) is 42.7 Å². The van der Waals surface area contributed by atoms with E-state index in [4.69, 9.17) is 0 Å². The summed E-state index contributed by atoms with van der Waals surface area (Å²) in [4.78, 5) is 30.5. The van der Waals surface area contributed by atoms with Crippen molar-refractivity contribution >= 4 is 39.0 Å². The highest BCUT2D eigenvalue weighted by Gasteiger charge is 2.40. The van der Waals surface area contributed by atoms with Gasteiger partial charge in [-0.1, -0.05) is 6.92 Å². The summed E-state index contributed by atoms with van der Waals surface area (Å²) in [5.41, 5.74) is 1.85. The molecule has 2 aromatic rings. The average Bonchev–Trinajstić information content (AvgIpc) is 3.49. The number of aromatic nitrogens is 2. The average molecular weight is 520 g/mol. The number of aliphatic hydroxyl groups excluding tert-OH is 1. The Morgan fingerprint density at radius 2 is 2.00 bits per heavy atom. The molecule has 4 heterocycles. The van der Waals surface area contributed by atoms with E-state index in [9.17, 15) is 9.90 Å². The molecule has 4 atom stereocenters. The van der Waals surface area contributed by atoms with E-state index in [0.29, 0.717) is 19.5 Å². The van der Waals surface area contributed by atoms with Gasteiger partial charge in [-0.2, -0.15) is 0 Å².